The molecule has 2 aromatic carbocycles. The van der Waals surface area contributed by atoms with Crippen LogP contribution in [0.1, 0.15) is 46.3 Å². The molecule has 0 saturated carbocycles. The molecule has 0 unspecified atom stereocenters. The first-order valence-corrected chi connectivity index (χ1v) is 11.3. The normalized spacial score (nSPS) is 18.6. The van der Waals surface area contributed by atoms with Gasteiger partial charge in [-0.15, -0.1) is 5.10 Å². The highest BCUT2D eigenvalue weighted by atomic mass is 16.5. The summed E-state index contributed by atoms with van der Waals surface area (Å²) in [5.74, 6) is -0.248. The van der Waals surface area contributed by atoms with Gasteiger partial charge in [-0.2, -0.15) is 0 Å². The molecule has 3 heterocycles. The number of carbonyl (C=O) groups is 2. The molecule has 2 aliphatic rings. The zero-order valence-electron chi connectivity index (χ0n) is 18.6. The average molecular weight is 446 g/mol. The number of likely N-dealkylation sites (tertiary alicyclic amines) is 1. The second kappa shape index (κ2) is 9.15. The van der Waals surface area contributed by atoms with Gasteiger partial charge in [0.2, 0.25) is 5.91 Å². The van der Waals surface area contributed by atoms with Gasteiger partial charge in [0, 0.05) is 24.7 Å². The van der Waals surface area contributed by atoms with E-state index in [1.54, 1.807) is 9.58 Å². The fourth-order valence-electron chi connectivity index (χ4n) is 4.42. The van der Waals surface area contributed by atoms with Crippen LogP contribution in [0.5, 0.6) is 0 Å². The fraction of sp³-hybridized carbons (Fsp3) is 0.360. The van der Waals surface area contributed by atoms with Gasteiger partial charge in [0.05, 0.1) is 18.8 Å². The van der Waals surface area contributed by atoms with Crippen LogP contribution in [0.3, 0.4) is 0 Å². The molecule has 8 nitrogen and oxygen atoms in total. The van der Waals surface area contributed by atoms with Crippen molar-refractivity contribution in [2.45, 2.75) is 39.0 Å². The smallest absolute Gasteiger partial charge is 0.276 e. The summed E-state index contributed by atoms with van der Waals surface area (Å²) in [7, 11) is 0. The number of carbonyl (C=O) groups excluding carboxylic acids is 2. The molecular formula is C25H27N5O3. The first kappa shape index (κ1) is 21.3. The van der Waals surface area contributed by atoms with E-state index in [9.17, 15) is 9.59 Å². The number of aromatic nitrogens is 3. The lowest BCUT2D eigenvalue weighted by atomic mass is 9.95. The number of nitrogens with zero attached hydrogens (tertiary/aromatic N) is 4. The quantitative estimate of drug-likeness (QED) is 0.665. The second-order valence-corrected chi connectivity index (χ2v) is 8.70. The summed E-state index contributed by atoms with van der Waals surface area (Å²) in [6.07, 6.45) is 1.14. The lowest BCUT2D eigenvalue weighted by Crippen LogP contribution is -2.42. The van der Waals surface area contributed by atoms with Gasteiger partial charge in [-0.3, -0.25) is 9.59 Å². The number of anilines is 1. The molecule has 0 bridgehead atoms. The number of fused-ring (bicyclic) bond motifs is 1. The van der Waals surface area contributed by atoms with Crippen LogP contribution >= 0.6 is 0 Å². The van der Waals surface area contributed by atoms with E-state index in [-0.39, 0.29) is 23.8 Å². The summed E-state index contributed by atoms with van der Waals surface area (Å²) in [6.45, 7) is 3.91. The summed E-state index contributed by atoms with van der Waals surface area (Å²) in [4.78, 5) is 27.5. The highest BCUT2D eigenvalue weighted by Crippen LogP contribution is 2.28. The Balaban J connectivity index is 1.19. The Morgan fingerprint density at radius 2 is 1.76 bits per heavy atom. The minimum absolute atomic E-state index is 0.00452. The molecule has 2 amide bonds. The Labute approximate surface area is 192 Å². The monoisotopic (exact) mass is 445 g/mol. The van der Waals surface area contributed by atoms with Crippen molar-refractivity contribution in [2.24, 2.45) is 5.92 Å². The van der Waals surface area contributed by atoms with Crippen molar-refractivity contribution < 1.29 is 14.3 Å². The van der Waals surface area contributed by atoms with Crippen molar-refractivity contribution in [3.8, 4) is 0 Å². The third-order valence-corrected chi connectivity index (χ3v) is 6.44. The van der Waals surface area contributed by atoms with E-state index in [2.05, 4.69) is 46.8 Å². The van der Waals surface area contributed by atoms with Crippen LogP contribution in [-0.2, 0) is 22.7 Å². The Hall–Kier alpha value is -3.52. The molecule has 8 heteroatoms. The summed E-state index contributed by atoms with van der Waals surface area (Å²) in [5, 5.41) is 11.4. The van der Waals surface area contributed by atoms with Crippen LogP contribution < -0.4 is 5.32 Å². The Bertz CT molecular complexity index is 1130. The van der Waals surface area contributed by atoms with E-state index in [0.29, 0.717) is 50.5 Å². The molecule has 1 fully saturated rings. The molecule has 2 aliphatic heterocycles. The van der Waals surface area contributed by atoms with Crippen LogP contribution in [0.25, 0.3) is 0 Å². The Kier molecular flexibility index (Phi) is 5.92. The van der Waals surface area contributed by atoms with E-state index >= 15 is 0 Å². The number of piperidine rings is 1. The number of aryl methyl sites for hydroxylation is 1. The number of ether oxygens (including phenoxy) is 1. The van der Waals surface area contributed by atoms with Crippen molar-refractivity contribution >= 4 is 17.5 Å². The molecule has 1 atom stereocenters. The molecule has 0 aliphatic carbocycles. The average Bonchev–Trinajstić information content (AvgIpc) is 3.28. The molecule has 1 N–H and O–H groups in total. The maximum atomic E-state index is 13.1. The first-order valence-electron chi connectivity index (χ1n) is 11.3. The van der Waals surface area contributed by atoms with Crippen molar-refractivity contribution in [1.29, 1.82) is 0 Å². The maximum Gasteiger partial charge on any atom is 0.276 e. The molecule has 33 heavy (non-hydrogen) atoms. The minimum atomic E-state index is -0.143. The van der Waals surface area contributed by atoms with Gasteiger partial charge in [0.25, 0.3) is 5.91 Å². The SMILES string of the molecule is Cc1ccc([C@H]2Cn3nnc(C(=O)N4CCC(C(=O)Nc5ccccc5)CC4)c3CO2)cc1. The van der Waals surface area contributed by atoms with Gasteiger partial charge in [0.1, 0.15) is 6.10 Å². The van der Waals surface area contributed by atoms with Crippen LogP contribution in [0.2, 0.25) is 0 Å². The van der Waals surface area contributed by atoms with Gasteiger partial charge in [-0.1, -0.05) is 53.2 Å². The number of hydrogen-bond donors (Lipinski definition) is 1. The molecule has 170 valence electrons. The van der Waals surface area contributed by atoms with Crippen LogP contribution in [-0.4, -0.2) is 44.8 Å². The predicted octanol–water partition coefficient (Wildman–Crippen LogP) is 3.35. The number of nitrogens with one attached hydrogen (secondary N) is 1. The lowest BCUT2D eigenvalue weighted by Gasteiger charge is -2.31. The van der Waals surface area contributed by atoms with Crippen molar-refractivity contribution in [2.75, 3.05) is 18.4 Å². The third kappa shape index (κ3) is 4.52. The number of hydrogen-bond acceptors (Lipinski definition) is 5. The van der Waals surface area contributed by atoms with Gasteiger partial charge in [0.15, 0.2) is 5.69 Å². The van der Waals surface area contributed by atoms with Crippen molar-refractivity contribution in [3.63, 3.8) is 0 Å². The molecule has 5 rings (SSSR count). The first-order chi connectivity index (χ1) is 16.1. The van der Waals surface area contributed by atoms with E-state index in [0.717, 1.165) is 11.3 Å². The maximum absolute atomic E-state index is 13.1. The van der Waals surface area contributed by atoms with Gasteiger partial charge >= 0.3 is 0 Å². The Morgan fingerprint density at radius 3 is 2.48 bits per heavy atom. The highest BCUT2D eigenvalue weighted by molar-refractivity contribution is 5.94. The topological polar surface area (TPSA) is 89.4 Å². The molecule has 1 aromatic heterocycles. The summed E-state index contributed by atoms with van der Waals surface area (Å²) in [5.41, 5.74) is 4.15. The van der Waals surface area contributed by atoms with Crippen LogP contribution in [0.4, 0.5) is 5.69 Å². The molecule has 0 radical (unpaired) electrons. The molecule has 1 saturated heterocycles. The summed E-state index contributed by atoms with van der Waals surface area (Å²) in [6, 6.07) is 17.7. The predicted molar refractivity (Wildman–Crippen MR) is 122 cm³/mol. The van der Waals surface area contributed by atoms with E-state index in [1.165, 1.54) is 5.56 Å². The zero-order chi connectivity index (χ0) is 22.8. The van der Waals surface area contributed by atoms with Crippen LogP contribution in [0, 0.1) is 12.8 Å². The third-order valence-electron chi connectivity index (χ3n) is 6.44. The largest absolute Gasteiger partial charge is 0.365 e. The zero-order valence-corrected chi connectivity index (χ0v) is 18.6. The second-order valence-electron chi connectivity index (χ2n) is 8.70. The van der Waals surface area contributed by atoms with E-state index < -0.39 is 0 Å². The number of benzene rings is 2. The molecule has 3 aromatic rings. The number of amides is 2. The van der Waals surface area contributed by atoms with Crippen molar-refractivity contribution in [3.05, 3.63) is 77.1 Å². The van der Waals surface area contributed by atoms with Gasteiger partial charge in [-0.05, 0) is 37.5 Å². The fourth-order valence-corrected chi connectivity index (χ4v) is 4.42. The minimum Gasteiger partial charge on any atom is -0.365 e. The van der Waals surface area contributed by atoms with E-state index in [4.69, 9.17) is 4.74 Å². The van der Waals surface area contributed by atoms with Crippen LogP contribution in [0.15, 0.2) is 54.6 Å². The van der Waals surface area contributed by atoms with Crippen molar-refractivity contribution in [1.82, 2.24) is 19.9 Å². The number of para-hydroxylation sites is 1. The highest BCUT2D eigenvalue weighted by Gasteiger charge is 2.33. The molecular weight excluding hydrogens is 418 g/mol. The number of rotatable bonds is 4. The molecule has 0 spiro atoms. The van der Waals surface area contributed by atoms with E-state index in [1.807, 2.05) is 30.3 Å². The lowest BCUT2D eigenvalue weighted by molar-refractivity contribution is -0.121. The van der Waals surface area contributed by atoms with Gasteiger partial charge < -0.3 is 15.0 Å². The van der Waals surface area contributed by atoms with Gasteiger partial charge in [-0.25, -0.2) is 4.68 Å². The Morgan fingerprint density at radius 1 is 1.03 bits per heavy atom. The summed E-state index contributed by atoms with van der Waals surface area (Å²) < 4.78 is 7.83. The standard InChI is InChI=1S/C25H27N5O3/c1-17-7-9-18(10-8-17)22-15-30-21(16-33-22)23(27-28-30)25(32)29-13-11-19(12-14-29)24(31)26-20-5-3-2-4-6-20/h2-10,19,22H,11-16H2,1H3,(H,26,31)/t22-/m1/s1. The summed E-state index contributed by atoms with van der Waals surface area (Å²) >= 11 is 0.